The van der Waals surface area contributed by atoms with Gasteiger partial charge in [0.25, 0.3) is 5.69 Å². The van der Waals surface area contributed by atoms with Crippen molar-refractivity contribution in [2.24, 2.45) is 0 Å². The van der Waals surface area contributed by atoms with Crippen LogP contribution < -0.4 is 10.6 Å². The third-order valence-electron chi connectivity index (χ3n) is 4.20. The lowest BCUT2D eigenvalue weighted by atomic mass is 10.1. The molecule has 0 aromatic heterocycles. The molecular weight excluding hydrogens is 342 g/mol. The van der Waals surface area contributed by atoms with Crippen LogP contribution in [0.3, 0.4) is 0 Å². The molecule has 0 saturated carbocycles. The van der Waals surface area contributed by atoms with E-state index < -0.39 is 4.92 Å². The average Bonchev–Trinajstić information content (AvgIpc) is 2.69. The minimum atomic E-state index is -0.425. The number of non-ortho nitro benzene ring substituents is 1. The second kappa shape index (κ2) is 8.14. The highest BCUT2D eigenvalue weighted by atomic mass is 16.6. The number of urea groups is 1. The Hall–Kier alpha value is -3.67. The number of nitro groups is 1. The SMILES string of the molecule is C[C@@H](NC(=O)Nc1ccc(-c2ccc([N+](=O)[O-])cc2)cc1)c1ccccc1. The predicted molar refractivity (Wildman–Crippen MR) is 106 cm³/mol. The van der Waals surface area contributed by atoms with Gasteiger partial charge in [-0.3, -0.25) is 10.1 Å². The molecule has 0 aliphatic carbocycles. The van der Waals surface area contributed by atoms with Crippen molar-refractivity contribution >= 4 is 17.4 Å². The van der Waals surface area contributed by atoms with Crippen LogP contribution in [0.2, 0.25) is 0 Å². The van der Waals surface area contributed by atoms with E-state index in [0.717, 1.165) is 16.7 Å². The van der Waals surface area contributed by atoms with Crippen molar-refractivity contribution in [2.45, 2.75) is 13.0 Å². The van der Waals surface area contributed by atoms with Crippen LogP contribution in [0.4, 0.5) is 16.2 Å². The molecule has 0 spiro atoms. The maximum absolute atomic E-state index is 12.2. The van der Waals surface area contributed by atoms with E-state index in [-0.39, 0.29) is 17.8 Å². The summed E-state index contributed by atoms with van der Waals surface area (Å²) >= 11 is 0. The van der Waals surface area contributed by atoms with Gasteiger partial charge in [-0.2, -0.15) is 0 Å². The molecule has 3 aromatic carbocycles. The van der Waals surface area contributed by atoms with Crippen LogP contribution in [0.5, 0.6) is 0 Å². The molecule has 136 valence electrons. The van der Waals surface area contributed by atoms with E-state index in [9.17, 15) is 14.9 Å². The van der Waals surface area contributed by atoms with Gasteiger partial charge in [0, 0.05) is 17.8 Å². The Morgan fingerprint density at radius 2 is 1.44 bits per heavy atom. The molecule has 2 N–H and O–H groups in total. The average molecular weight is 361 g/mol. The fraction of sp³-hybridized carbons (Fsp3) is 0.0952. The number of carbonyl (C=O) groups excluding carboxylic acids is 1. The predicted octanol–water partition coefficient (Wildman–Crippen LogP) is 5.14. The van der Waals surface area contributed by atoms with Gasteiger partial charge < -0.3 is 10.6 Å². The smallest absolute Gasteiger partial charge is 0.319 e. The number of hydrogen-bond acceptors (Lipinski definition) is 3. The van der Waals surface area contributed by atoms with Crippen molar-refractivity contribution in [2.75, 3.05) is 5.32 Å². The van der Waals surface area contributed by atoms with Crippen LogP contribution in [0.15, 0.2) is 78.9 Å². The van der Waals surface area contributed by atoms with Gasteiger partial charge in [0.1, 0.15) is 0 Å². The number of hydrogen-bond donors (Lipinski definition) is 2. The van der Waals surface area contributed by atoms with Crippen LogP contribution in [0, 0.1) is 10.1 Å². The molecule has 3 rings (SSSR count). The van der Waals surface area contributed by atoms with Gasteiger partial charge in [-0.05, 0) is 47.9 Å². The number of benzene rings is 3. The lowest BCUT2D eigenvalue weighted by Gasteiger charge is -2.15. The van der Waals surface area contributed by atoms with Gasteiger partial charge >= 0.3 is 6.03 Å². The highest BCUT2D eigenvalue weighted by Gasteiger charge is 2.09. The molecule has 2 amide bonds. The van der Waals surface area contributed by atoms with Crippen molar-refractivity contribution in [1.82, 2.24) is 5.32 Å². The fourth-order valence-corrected chi connectivity index (χ4v) is 2.71. The lowest BCUT2D eigenvalue weighted by Crippen LogP contribution is -2.31. The van der Waals surface area contributed by atoms with Crippen LogP contribution >= 0.6 is 0 Å². The highest BCUT2D eigenvalue weighted by molar-refractivity contribution is 5.89. The Morgan fingerprint density at radius 1 is 0.889 bits per heavy atom. The number of rotatable bonds is 5. The highest BCUT2D eigenvalue weighted by Crippen LogP contribution is 2.24. The van der Waals surface area contributed by atoms with Crippen LogP contribution in [0.25, 0.3) is 11.1 Å². The van der Waals surface area contributed by atoms with Crippen molar-refractivity contribution in [3.8, 4) is 11.1 Å². The van der Waals surface area contributed by atoms with Crippen molar-refractivity contribution < 1.29 is 9.72 Å². The first kappa shape index (κ1) is 18.1. The molecule has 1 atom stereocenters. The summed E-state index contributed by atoms with van der Waals surface area (Å²) in [6, 6.07) is 23.0. The minimum Gasteiger partial charge on any atom is -0.331 e. The molecule has 0 unspecified atom stereocenters. The first-order valence-electron chi connectivity index (χ1n) is 8.50. The van der Waals surface area contributed by atoms with E-state index in [1.165, 1.54) is 12.1 Å². The third-order valence-corrected chi connectivity index (χ3v) is 4.20. The number of carbonyl (C=O) groups is 1. The molecule has 6 nitrogen and oxygen atoms in total. The summed E-state index contributed by atoms with van der Waals surface area (Å²) in [6.07, 6.45) is 0. The Bertz CT molecular complexity index is 923. The van der Waals surface area contributed by atoms with Gasteiger partial charge in [0.15, 0.2) is 0 Å². The van der Waals surface area contributed by atoms with E-state index in [1.54, 1.807) is 24.3 Å². The molecule has 0 radical (unpaired) electrons. The summed E-state index contributed by atoms with van der Waals surface area (Å²) in [5.74, 6) is 0. The van der Waals surface area contributed by atoms with Gasteiger partial charge in [-0.15, -0.1) is 0 Å². The van der Waals surface area contributed by atoms with E-state index >= 15 is 0 Å². The Labute approximate surface area is 157 Å². The zero-order valence-corrected chi connectivity index (χ0v) is 14.8. The molecule has 3 aromatic rings. The standard InChI is InChI=1S/C21H19N3O3/c1-15(16-5-3-2-4-6-16)22-21(25)23-19-11-7-17(8-12-19)18-9-13-20(14-10-18)24(26)27/h2-15H,1H3,(H2,22,23,25)/t15-/m1/s1. The molecule has 0 aliphatic heterocycles. The van der Waals surface area contributed by atoms with Crippen molar-refractivity contribution in [3.05, 3.63) is 94.5 Å². The van der Waals surface area contributed by atoms with Gasteiger partial charge in [-0.1, -0.05) is 42.5 Å². The molecule has 0 saturated heterocycles. The quantitative estimate of drug-likeness (QED) is 0.487. The van der Waals surface area contributed by atoms with Crippen LogP contribution in [-0.4, -0.2) is 11.0 Å². The molecular formula is C21H19N3O3. The fourth-order valence-electron chi connectivity index (χ4n) is 2.71. The second-order valence-electron chi connectivity index (χ2n) is 6.11. The zero-order valence-electron chi connectivity index (χ0n) is 14.8. The summed E-state index contributed by atoms with van der Waals surface area (Å²) in [5, 5.41) is 16.4. The number of anilines is 1. The lowest BCUT2D eigenvalue weighted by molar-refractivity contribution is -0.384. The largest absolute Gasteiger partial charge is 0.331 e. The summed E-state index contributed by atoms with van der Waals surface area (Å²) < 4.78 is 0. The number of nitrogens with one attached hydrogen (secondary N) is 2. The Balaban J connectivity index is 1.61. The maximum atomic E-state index is 12.2. The first-order valence-corrected chi connectivity index (χ1v) is 8.50. The van der Waals surface area contributed by atoms with E-state index in [1.807, 2.05) is 49.4 Å². The van der Waals surface area contributed by atoms with E-state index in [4.69, 9.17) is 0 Å². The molecule has 6 heteroatoms. The topological polar surface area (TPSA) is 84.3 Å². The Morgan fingerprint density at radius 3 is 2.00 bits per heavy atom. The van der Waals surface area contributed by atoms with Crippen molar-refractivity contribution in [1.29, 1.82) is 0 Å². The van der Waals surface area contributed by atoms with Gasteiger partial charge in [0.05, 0.1) is 11.0 Å². The molecule has 0 heterocycles. The molecule has 0 bridgehead atoms. The van der Waals surface area contributed by atoms with Gasteiger partial charge in [-0.25, -0.2) is 4.79 Å². The Kier molecular flexibility index (Phi) is 5.47. The first-order chi connectivity index (χ1) is 13.0. The monoisotopic (exact) mass is 361 g/mol. The molecule has 0 aliphatic rings. The second-order valence-corrected chi connectivity index (χ2v) is 6.11. The summed E-state index contributed by atoms with van der Waals surface area (Å²) in [6.45, 7) is 1.92. The molecule has 27 heavy (non-hydrogen) atoms. The maximum Gasteiger partial charge on any atom is 0.319 e. The normalized spacial score (nSPS) is 11.4. The van der Waals surface area contributed by atoms with Crippen LogP contribution in [0.1, 0.15) is 18.5 Å². The number of amides is 2. The number of nitrogens with zero attached hydrogens (tertiary/aromatic N) is 1. The number of nitro benzene ring substituents is 1. The molecule has 0 fully saturated rings. The van der Waals surface area contributed by atoms with E-state index in [0.29, 0.717) is 5.69 Å². The summed E-state index contributed by atoms with van der Waals surface area (Å²) in [4.78, 5) is 22.5. The minimum absolute atomic E-state index is 0.0567. The van der Waals surface area contributed by atoms with Crippen LogP contribution in [-0.2, 0) is 0 Å². The summed E-state index contributed by atoms with van der Waals surface area (Å²) in [5.41, 5.74) is 3.53. The van der Waals surface area contributed by atoms with Gasteiger partial charge in [0.2, 0.25) is 0 Å². The van der Waals surface area contributed by atoms with Crippen molar-refractivity contribution in [3.63, 3.8) is 0 Å². The third kappa shape index (κ3) is 4.70. The van der Waals surface area contributed by atoms with E-state index in [2.05, 4.69) is 10.6 Å². The zero-order chi connectivity index (χ0) is 19.2. The summed E-state index contributed by atoms with van der Waals surface area (Å²) in [7, 11) is 0.